The zero-order valence-electron chi connectivity index (χ0n) is 9.03. The SMILES string of the molecule is CC(=O)NCc1ccc(-c2ccn[nH]2)cc1. The van der Waals surface area contributed by atoms with E-state index in [4.69, 9.17) is 0 Å². The topological polar surface area (TPSA) is 57.8 Å². The summed E-state index contributed by atoms with van der Waals surface area (Å²) in [5, 5.41) is 9.56. The van der Waals surface area contributed by atoms with E-state index in [9.17, 15) is 4.79 Å². The van der Waals surface area contributed by atoms with Gasteiger partial charge in [0.05, 0.1) is 5.69 Å². The van der Waals surface area contributed by atoms with Crippen molar-refractivity contribution in [3.05, 3.63) is 42.1 Å². The van der Waals surface area contributed by atoms with Crippen LogP contribution in [0.4, 0.5) is 0 Å². The zero-order chi connectivity index (χ0) is 11.4. The van der Waals surface area contributed by atoms with Crippen molar-refractivity contribution in [1.29, 1.82) is 0 Å². The first-order chi connectivity index (χ1) is 7.75. The van der Waals surface area contributed by atoms with Gasteiger partial charge in [-0.25, -0.2) is 0 Å². The van der Waals surface area contributed by atoms with E-state index in [2.05, 4.69) is 15.5 Å². The molecular formula is C12H13N3O. The Bertz CT molecular complexity index is 460. The van der Waals surface area contributed by atoms with Gasteiger partial charge in [0.1, 0.15) is 0 Å². The van der Waals surface area contributed by atoms with Crippen LogP contribution in [-0.4, -0.2) is 16.1 Å². The number of rotatable bonds is 3. The van der Waals surface area contributed by atoms with Crippen LogP contribution in [0.2, 0.25) is 0 Å². The Kier molecular flexibility index (Phi) is 3.00. The molecule has 1 heterocycles. The zero-order valence-corrected chi connectivity index (χ0v) is 9.03. The summed E-state index contributed by atoms with van der Waals surface area (Å²) in [6, 6.07) is 9.91. The highest BCUT2D eigenvalue weighted by Crippen LogP contribution is 2.16. The fourth-order valence-electron chi connectivity index (χ4n) is 1.45. The maximum absolute atomic E-state index is 10.7. The molecule has 1 aromatic heterocycles. The van der Waals surface area contributed by atoms with Crippen molar-refractivity contribution >= 4 is 5.91 Å². The number of benzene rings is 1. The Labute approximate surface area is 93.7 Å². The predicted octanol–water partition coefficient (Wildman–Crippen LogP) is 1.71. The Morgan fingerprint density at radius 2 is 2.06 bits per heavy atom. The summed E-state index contributed by atoms with van der Waals surface area (Å²) >= 11 is 0. The lowest BCUT2D eigenvalue weighted by atomic mass is 10.1. The standard InChI is InChI=1S/C12H13N3O/c1-9(16)13-8-10-2-4-11(5-3-10)12-6-7-14-15-12/h2-7H,8H2,1H3,(H,13,16)(H,14,15). The molecule has 0 spiro atoms. The molecule has 82 valence electrons. The third-order valence-electron chi connectivity index (χ3n) is 2.31. The van der Waals surface area contributed by atoms with Gasteiger partial charge in [-0.1, -0.05) is 24.3 Å². The summed E-state index contributed by atoms with van der Waals surface area (Å²) in [6.07, 6.45) is 1.72. The molecule has 0 aliphatic carbocycles. The third kappa shape index (κ3) is 2.48. The number of nitrogens with zero attached hydrogens (tertiary/aromatic N) is 1. The molecule has 0 atom stereocenters. The van der Waals surface area contributed by atoms with E-state index in [1.807, 2.05) is 30.3 Å². The first-order valence-electron chi connectivity index (χ1n) is 5.09. The summed E-state index contributed by atoms with van der Waals surface area (Å²) in [5.41, 5.74) is 3.16. The van der Waals surface area contributed by atoms with Gasteiger partial charge in [0.25, 0.3) is 0 Å². The molecule has 0 aliphatic rings. The predicted molar refractivity (Wildman–Crippen MR) is 61.5 cm³/mol. The van der Waals surface area contributed by atoms with E-state index < -0.39 is 0 Å². The summed E-state index contributed by atoms with van der Waals surface area (Å²) in [4.78, 5) is 10.7. The van der Waals surface area contributed by atoms with Crippen molar-refractivity contribution in [1.82, 2.24) is 15.5 Å². The molecule has 2 N–H and O–H groups in total. The smallest absolute Gasteiger partial charge is 0.217 e. The number of hydrogen-bond acceptors (Lipinski definition) is 2. The maximum atomic E-state index is 10.7. The monoisotopic (exact) mass is 215 g/mol. The van der Waals surface area contributed by atoms with Gasteiger partial charge in [-0.15, -0.1) is 0 Å². The van der Waals surface area contributed by atoms with Crippen LogP contribution >= 0.6 is 0 Å². The van der Waals surface area contributed by atoms with Crippen molar-refractivity contribution in [2.45, 2.75) is 13.5 Å². The Morgan fingerprint density at radius 1 is 1.31 bits per heavy atom. The molecule has 0 unspecified atom stereocenters. The number of aromatic nitrogens is 2. The summed E-state index contributed by atoms with van der Waals surface area (Å²) in [5.74, 6) is -0.0161. The molecule has 0 aliphatic heterocycles. The number of carbonyl (C=O) groups excluding carboxylic acids is 1. The molecule has 16 heavy (non-hydrogen) atoms. The summed E-state index contributed by atoms with van der Waals surface area (Å²) in [7, 11) is 0. The van der Waals surface area contributed by atoms with Crippen LogP contribution < -0.4 is 5.32 Å². The minimum Gasteiger partial charge on any atom is -0.352 e. The highest BCUT2D eigenvalue weighted by atomic mass is 16.1. The number of amides is 1. The number of aromatic amines is 1. The van der Waals surface area contributed by atoms with Gasteiger partial charge >= 0.3 is 0 Å². The van der Waals surface area contributed by atoms with Crippen LogP contribution in [0.15, 0.2) is 36.5 Å². The van der Waals surface area contributed by atoms with Crippen LogP contribution in [0.3, 0.4) is 0 Å². The Morgan fingerprint density at radius 3 is 2.62 bits per heavy atom. The normalized spacial score (nSPS) is 10.1. The van der Waals surface area contributed by atoms with Crippen LogP contribution in [-0.2, 0) is 11.3 Å². The molecule has 0 radical (unpaired) electrons. The van der Waals surface area contributed by atoms with Gasteiger partial charge in [0.15, 0.2) is 0 Å². The van der Waals surface area contributed by atoms with Gasteiger partial charge in [0.2, 0.25) is 5.91 Å². The van der Waals surface area contributed by atoms with Crippen molar-refractivity contribution in [3.8, 4) is 11.3 Å². The minimum atomic E-state index is -0.0161. The lowest BCUT2D eigenvalue weighted by Gasteiger charge is -2.03. The van der Waals surface area contributed by atoms with E-state index in [0.717, 1.165) is 16.8 Å². The highest BCUT2D eigenvalue weighted by molar-refractivity contribution is 5.72. The molecule has 2 rings (SSSR count). The minimum absolute atomic E-state index is 0.0161. The second-order valence-corrected chi connectivity index (χ2v) is 3.58. The van der Waals surface area contributed by atoms with Crippen molar-refractivity contribution < 1.29 is 4.79 Å². The second-order valence-electron chi connectivity index (χ2n) is 3.58. The van der Waals surface area contributed by atoms with Crippen LogP contribution in [0, 0.1) is 0 Å². The Balaban J connectivity index is 2.08. The van der Waals surface area contributed by atoms with E-state index in [1.165, 1.54) is 6.92 Å². The van der Waals surface area contributed by atoms with Crippen LogP contribution in [0.1, 0.15) is 12.5 Å². The fraction of sp³-hybridized carbons (Fsp3) is 0.167. The molecule has 4 heteroatoms. The lowest BCUT2D eigenvalue weighted by Crippen LogP contribution is -2.18. The lowest BCUT2D eigenvalue weighted by molar-refractivity contribution is -0.119. The van der Waals surface area contributed by atoms with Crippen molar-refractivity contribution in [2.24, 2.45) is 0 Å². The molecule has 0 bridgehead atoms. The van der Waals surface area contributed by atoms with Crippen molar-refractivity contribution in [3.63, 3.8) is 0 Å². The Hall–Kier alpha value is -2.10. The molecule has 0 saturated carbocycles. The van der Waals surface area contributed by atoms with Gasteiger partial charge in [-0.2, -0.15) is 5.10 Å². The van der Waals surface area contributed by atoms with Gasteiger partial charge < -0.3 is 5.32 Å². The summed E-state index contributed by atoms with van der Waals surface area (Å²) in [6.45, 7) is 2.08. The van der Waals surface area contributed by atoms with E-state index in [0.29, 0.717) is 6.54 Å². The molecule has 1 amide bonds. The number of nitrogens with one attached hydrogen (secondary N) is 2. The van der Waals surface area contributed by atoms with Gasteiger partial charge in [-0.05, 0) is 17.2 Å². The second kappa shape index (κ2) is 4.61. The largest absolute Gasteiger partial charge is 0.352 e. The summed E-state index contributed by atoms with van der Waals surface area (Å²) < 4.78 is 0. The molecule has 0 saturated heterocycles. The molecule has 1 aromatic carbocycles. The highest BCUT2D eigenvalue weighted by Gasteiger charge is 1.99. The van der Waals surface area contributed by atoms with Crippen molar-refractivity contribution in [2.75, 3.05) is 0 Å². The average molecular weight is 215 g/mol. The molecule has 0 fully saturated rings. The molecule has 2 aromatic rings. The van der Waals surface area contributed by atoms with E-state index in [1.54, 1.807) is 6.20 Å². The van der Waals surface area contributed by atoms with Gasteiger partial charge in [0, 0.05) is 19.7 Å². The molecule has 4 nitrogen and oxygen atoms in total. The van der Waals surface area contributed by atoms with E-state index in [-0.39, 0.29) is 5.91 Å². The van der Waals surface area contributed by atoms with Crippen LogP contribution in [0.5, 0.6) is 0 Å². The fourth-order valence-corrected chi connectivity index (χ4v) is 1.45. The number of carbonyl (C=O) groups is 1. The first-order valence-corrected chi connectivity index (χ1v) is 5.09. The van der Waals surface area contributed by atoms with E-state index >= 15 is 0 Å². The third-order valence-corrected chi connectivity index (χ3v) is 2.31. The molecular weight excluding hydrogens is 202 g/mol. The average Bonchev–Trinajstić information content (AvgIpc) is 2.80. The first kappa shape index (κ1) is 10.4. The van der Waals surface area contributed by atoms with Crippen LogP contribution in [0.25, 0.3) is 11.3 Å². The number of hydrogen-bond donors (Lipinski definition) is 2. The maximum Gasteiger partial charge on any atom is 0.217 e. The number of H-pyrrole nitrogens is 1. The quantitative estimate of drug-likeness (QED) is 0.819. The van der Waals surface area contributed by atoms with Gasteiger partial charge in [-0.3, -0.25) is 9.89 Å².